The van der Waals surface area contributed by atoms with Crippen molar-refractivity contribution in [3.8, 4) is 5.75 Å². The summed E-state index contributed by atoms with van der Waals surface area (Å²) in [6.45, 7) is 12.6. The van der Waals surface area contributed by atoms with Crippen molar-refractivity contribution >= 4 is 30.1 Å². The lowest BCUT2D eigenvalue weighted by Gasteiger charge is -2.25. The summed E-state index contributed by atoms with van der Waals surface area (Å²) in [4.78, 5) is 12.0. The topological polar surface area (TPSA) is 108 Å². The molecule has 3 rings (SSSR count). The molecule has 0 atom stereocenters. The molecular formula is C27H39N3O6SSi. The molecule has 0 spiro atoms. The minimum absolute atomic E-state index is 0.214. The predicted octanol–water partition coefficient (Wildman–Crippen LogP) is 5.39. The Labute approximate surface area is 227 Å². The molecule has 1 amide bonds. The molecule has 0 unspecified atom stereocenters. The number of benzene rings is 2. The maximum absolute atomic E-state index is 13.4. The third-order valence-electron chi connectivity index (χ3n) is 5.66. The Balaban J connectivity index is 1.83. The molecule has 0 saturated heterocycles. The Bertz CT molecular complexity index is 1250. The monoisotopic (exact) mass is 561 g/mol. The van der Waals surface area contributed by atoms with Gasteiger partial charge < -0.3 is 19.9 Å². The Morgan fingerprint density at radius 1 is 1.05 bits per heavy atom. The molecule has 2 N–H and O–H groups in total. The third kappa shape index (κ3) is 8.16. The fourth-order valence-electron chi connectivity index (χ4n) is 3.69. The highest BCUT2D eigenvalue weighted by Gasteiger charge is 2.39. The summed E-state index contributed by atoms with van der Waals surface area (Å²) in [5.74, 6) is 0.0335. The highest BCUT2D eigenvalue weighted by atomic mass is 32.2. The van der Waals surface area contributed by atoms with Crippen molar-refractivity contribution in [2.75, 3.05) is 17.4 Å². The molecule has 1 heterocycles. The molecule has 1 aliphatic rings. The van der Waals surface area contributed by atoms with Crippen LogP contribution in [0.5, 0.6) is 5.75 Å². The molecule has 0 aliphatic carbocycles. The summed E-state index contributed by atoms with van der Waals surface area (Å²) < 4.78 is 40.4. The van der Waals surface area contributed by atoms with Gasteiger partial charge in [-0.2, -0.15) is 8.42 Å². The van der Waals surface area contributed by atoms with Crippen LogP contribution in [-0.4, -0.2) is 50.7 Å². The average molecular weight is 562 g/mol. The van der Waals surface area contributed by atoms with Crippen LogP contribution in [0.2, 0.25) is 25.7 Å². The third-order valence-corrected chi connectivity index (χ3v) is 9.11. The predicted molar refractivity (Wildman–Crippen MR) is 152 cm³/mol. The van der Waals surface area contributed by atoms with Crippen LogP contribution in [0.4, 0.5) is 10.5 Å². The van der Waals surface area contributed by atoms with Crippen LogP contribution in [0.15, 0.2) is 60.6 Å². The SMILES string of the molecule is CC(C)(C)OC(=O)NCCc1ccc(N2C=C(O)N(CC[Si](C)(C)C)S2(=O)=O)c(OCc2ccccc2)c1. The molecule has 0 radical (unpaired) electrons. The molecular weight excluding hydrogens is 522 g/mol. The molecule has 2 aromatic carbocycles. The lowest BCUT2D eigenvalue weighted by molar-refractivity contribution is 0.0528. The van der Waals surface area contributed by atoms with E-state index in [0.717, 1.165) is 19.7 Å². The number of amides is 1. The van der Waals surface area contributed by atoms with E-state index >= 15 is 0 Å². The number of aliphatic hydroxyl groups is 1. The number of hydrogen-bond acceptors (Lipinski definition) is 6. The van der Waals surface area contributed by atoms with Gasteiger partial charge >= 0.3 is 16.3 Å². The molecule has 9 nitrogen and oxygen atoms in total. The summed E-state index contributed by atoms with van der Waals surface area (Å²) in [7, 11) is -5.57. The molecule has 0 aromatic heterocycles. The standard InChI is InChI=1S/C27H39N3O6SSi/c1-27(2,3)36-26(32)28-15-14-21-12-13-23(24(18-21)35-20-22-10-8-7-9-11-22)30-19-25(31)29(37(30,33)34)16-17-38(4,5)6/h7-13,18-19,31H,14-17,20H2,1-6H3,(H,28,32). The number of carbonyl (C=O) groups is 1. The number of nitrogens with zero attached hydrogens (tertiary/aromatic N) is 2. The smallest absolute Gasteiger partial charge is 0.407 e. The maximum atomic E-state index is 13.4. The largest absolute Gasteiger partial charge is 0.493 e. The van der Waals surface area contributed by atoms with Crippen molar-refractivity contribution in [2.24, 2.45) is 0 Å². The van der Waals surface area contributed by atoms with Crippen LogP contribution in [0, 0.1) is 0 Å². The Kier molecular flexibility index (Phi) is 9.04. The van der Waals surface area contributed by atoms with Gasteiger partial charge in [-0.05, 0) is 56.5 Å². The van der Waals surface area contributed by atoms with Crippen molar-refractivity contribution in [2.45, 2.75) is 65.1 Å². The van der Waals surface area contributed by atoms with E-state index in [2.05, 4.69) is 25.0 Å². The van der Waals surface area contributed by atoms with E-state index in [9.17, 15) is 18.3 Å². The highest BCUT2D eigenvalue weighted by Crippen LogP contribution is 2.37. The van der Waals surface area contributed by atoms with Crippen molar-refractivity contribution in [1.29, 1.82) is 0 Å². The normalized spacial score (nSPS) is 15.3. The molecule has 0 saturated carbocycles. The first-order chi connectivity index (χ1) is 17.7. The fourth-order valence-corrected chi connectivity index (χ4v) is 6.19. The number of anilines is 1. The van der Waals surface area contributed by atoms with Crippen LogP contribution in [0.1, 0.15) is 31.9 Å². The van der Waals surface area contributed by atoms with Gasteiger partial charge in [-0.3, -0.25) is 0 Å². The van der Waals surface area contributed by atoms with Crippen LogP contribution >= 0.6 is 0 Å². The molecule has 2 aromatic rings. The average Bonchev–Trinajstić information content (AvgIpc) is 3.03. The number of hydrogen-bond donors (Lipinski definition) is 2. The number of nitrogens with one attached hydrogen (secondary N) is 1. The molecule has 38 heavy (non-hydrogen) atoms. The molecule has 1 aliphatic heterocycles. The maximum Gasteiger partial charge on any atom is 0.407 e. The van der Waals surface area contributed by atoms with E-state index < -0.39 is 30.0 Å². The van der Waals surface area contributed by atoms with Gasteiger partial charge in [-0.25, -0.2) is 13.4 Å². The van der Waals surface area contributed by atoms with Crippen LogP contribution < -0.4 is 14.4 Å². The van der Waals surface area contributed by atoms with Gasteiger partial charge in [0, 0.05) is 21.2 Å². The summed E-state index contributed by atoms with van der Waals surface area (Å²) >= 11 is 0. The second-order valence-electron chi connectivity index (χ2n) is 11.4. The number of rotatable bonds is 10. The van der Waals surface area contributed by atoms with E-state index in [0.29, 0.717) is 30.4 Å². The van der Waals surface area contributed by atoms with E-state index in [4.69, 9.17) is 9.47 Å². The lowest BCUT2D eigenvalue weighted by Crippen LogP contribution is -2.37. The summed E-state index contributed by atoms with van der Waals surface area (Å²) in [6, 6.07) is 15.5. The van der Waals surface area contributed by atoms with Gasteiger partial charge in [0.25, 0.3) is 0 Å². The minimum Gasteiger partial charge on any atom is -0.493 e. The molecule has 11 heteroatoms. The van der Waals surface area contributed by atoms with Crippen molar-refractivity contribution in [1.82, 2.24) is 9.62 Å². The first-order valence-electron chi connectivity index (χ1n) is 12.7. The van der Waals surface area contributed by atoms with Gasteiger partial charge in [-0.1, -0.05) is 56.0 Å². The second-order valence-corrected chi connectivity index (χ2v) is 18.8. The number of aliphatic hydroxyl groups excluding tert-OH is 1. The number of ether oxygens (including phenoxy) is 2. The van der Waals surface area contributed by atoms with Gasteiger partial charge in [0.2, 0.25) is 5.88 Å². The van der Waals surface area contributed by atoms with Crippen molar-refractivity contribution in [3.05, 3.63) is 71.7 Å². The van der Waals surface area contributed by atoms with Gasteiger partial charge in [-0.15, -0.1) is 0 Å². The summed E-state index contributed by atoms with van der Waals surface area (Å²) in [5.41, 5.74) is 1.47. The molecule has 208 valence electrons. The quantitative estimate of drug-likeness (QED) is 0.376. The van der Waals surface area contributed by atoms with Crippen LogP contribution in [0.3, 0.4) is 0 Å². The van der Waals surface area contributed by atoms with Gasteiger partial charge in [0.1, 0.15) is 23.6 Å². The summed E-state index contributed by atoms with van der Waals surface area (Å²) in [6.07, 6.45) is 1.20. The van der Waals surface area contributed by atoms with Crippen LogP contribution in [0.25, 0.3) is 0 Å². The molecule has 0 fully saturated rings. The van der Waals surface area contributed by atoms with Crippen LogP contribution in [-0.2, 0) is 28.0 Å². The molecule has 0 bridgehead atoms. The lowest BCUT2D eigenvalue weighted by atomic mass is 10.1. The minimum atomic E-state index is -4.02. The summed E-state index contributed by atoms with van der Waals surface area (Å²) in [5, 5.41) is 13.3. The van der Waals surface area contributed by atoms with Gasteiger partial charge in [0.05, 0.1) is 6.20 Å². The number of carbonyl (C=O) groups excluding carboxylic acids is 1. The van der Waals surface area contributed by atoms with Crippen molar-refractivity contribution in [3.63, 3.8) is 0 Å². The van der Waals surface area contributed by atoms with E-state index in [1.54, 1.807) is 39.0 Å². The van der Waals surface area contributed by atoms with Crippen molar-refractivity contribution < 1.29 is 27.8 Å². The van der Waals surface area contributed by atoms with E-state index in [1.165, 1.54) is 6.20 Å². The Hall–Kier alpha value is -3.18. The fraction of sp³-hybridized carbons (Fsp3) is 0.444. The number of alkyl carbamates (subject to hydrolysis) is 1. The highest BCUT2D eigenvalue weighted by molar-refractivity contribution is 7.91. The Morgan fingerprint density at radius 3 is 2.37 bits per heavy atom. The first-order valence-corrected chi connectivity index (χ1v) is 17.8. The Morgan fingerprint density at radius 2 is 1.74 bits per heavy atom. The first kappa shape index (κ1) is 29.4. The van der Waals surface area contributed by atoms with E-state index in [-0.39, 0.29) is 19.0 Å². The van der Waals surface area contributed by atoms with Gasteiger partial charge in [0.15, 0.2) is 0 Å². The zero-order valence-corrected chi connectivity index (χ0v) is 24.8. The zero-order chi connectivity index (χ0) is 28.1. The van der Waals surface area contributed by atoms with E-state index in [1.807, 2.05) is 30.3 Å². The second kappa shape index (κ2) is 11.7. The zero-order valence-electron chi connectivity index (χ0n) is 23.0.